The minimum Gasteiger partial charge on any atom is -0.497 e. The highest BCUT2D eigenvalue weighted by atomic mass is 35.5. The molecular weight excluding hydrogens is 203 g/mol. The van der Waals surface area contributed by atoms with Gasteiger partial charge in [-0.25, -0.2) is 4.39 Å². The zero-order chi connectivity index (χ0) is 10.4. The number of halogens is 2. The minimum atomic E-state index is -0.253. The van der Waals surface area contributed by atoms with Gasteiger partial charge in [-0.3, -0.25) is 0 Å². The summed E-state index contributed by atoms with van der Waals surface area (Å²) in [5, 5.41) is 0. The van der Waals surface area contributed by atoms with E-state index in [1.807, 2.05) is 6.08 Å². The van der Waals surface area contributed by atoms with Crippen LogP contribution < -0.4 is 4.74 Å². The van der Waals surface area contributed by atoms with Crippen LogP contribution >= 0.6 is 11.6 Å². The SMILES string of the molecule is COc1ccc(F)c(C=CCCCl)c1. The number of hydrogen-bond acceptors (Lipinski definition) is 1. The zero-order valence-electron chi connectivity index (χ0n) is 7.97. The summed E-state index contributed by atoms with van der Waals surface area (Å²) in [7, 11) is 1.56. The lowest BCUT2D eigenvalue weighted by atomic mass is 10.2. The van der Waals surface area contributed by atoms with Crippen molar-refractivity contribution in [2.24, 2.45) is 0 Å². The topological polar surface area (TPSA) is 9.23 Å². The van der Waals surface area contributed by atoms with Crippen molar-refractivity contribution in [1.29, 1.82) is 0 Å². The molecule has 1 nitrogen and oxygen atoms in total. The highest BCUT2D eigenvalue weighted by Gasteiger charge is 1.99. The molecule has 0 fully saturated rings. The summed E-state index contributed by atoms with van der Waals surface area (Å²) >= 11 is 5.50. The molecule has 0 aliphatic carbocycles. The van der Waals surface area contributed by atoms with Crippen molar-refractivity contribution < 1.29 is 9.13 Å². The normalized spacial score (nSPS) is 10.8. The first kappa shape index (κ1) is 11.1. The number of benzene rings is 1. The number of alkyl halides is 1. The van der Waals surface area contributed by atoms with E-state index in [0.29, 0.717) is 17.2 Å². The maximum absolute atomic E-state index is 13.2. The quantitative estimate of drug-likeness (QED) is 0.698. The second kappa shape index (κ2) is 5.66. The third-order valence-electron chi connectivity index (χ3n) is 1.78. The van der Waals surface area contributed by atoms with Crippen LogP contribution in [0.1, 0.15) is 12.0 Å². The second-order valence-corrected chi connectivity index (χ2v) is 3.15. The van der Waals surface area contributed by atoms with Gasteiger partial charge in [0.2, 0.25) is 0 Å². The van der Waals surface area contributed by atoms with Crippen LogP contribution in [0.4, 0.5) is 4.39 Å². The fraction of sp³-hybridized carbons (Fsp3) is 0.273. The average molecular weight is 215 g/mol. The first-order chi connectivity index (χ1) is 6.77. The molecule has 0 aromatic heterocycles. The van der Waals surface area contributed by atoms with Gasteiger partial charge in [-0.05, 0) is 24.6 Å². The van der Waals surface area contributed by atoms with Gasteiger partial charge in [0, 0.05) is 11.4 Å². The molecule has 0 amide bonds. The first-order valence-electron chi connectivity index (χ1n) is 4.34. The maximum Gasteiger partial charge on any atom is 0.130 e. The molecule has 0 radical (unpaired) electrons. The number of allylic oxidation sites excluding steroid dienone is 1. The van der Waals surface area contributed by atoms with E-state index < -0.39 is 0 Å². The molecule has 0 unspecified atom stereocenters. The Morgan fingerprint density at radius 1 is 1.50 bits per heavy atom. The van der Waals surface area contributed by atoms with Crippen molar-refractivity contribution in [3.63, 3.8) is 0 Å². The van der Waals surface area contributed by atoms with Gasteiger partial charge in [0.05, 0.1) is 7.11 Å². The molecule has 0 saturated heterocycles. The summed E-state index contributed by atoms with van der Waals surface area (Å²) in [6.45, 7) is 0. The largest absolute Gasteiger partial charge is 0.497 e. The van der Waals surface area contributed by atoms with Gasteiger partial charge in [-0.1, -0.05) is 12.2 Å². The third kappa shape index (κ3) is 3.04. The van der Waals surface area contributed by atoms with Gasteiger partial charge >= 0.3 is 0 Å². The summed E-state index contributed by atoms with van der Waals surface area (Å²) in [6, 6.07) is 4.63. The van der Waals surface area contributed by atoms with E-state index in [9.17, 15) is 4.39 Å². The van der Waals surface area contributed by atoms with E-state index in [4.69, 9.17) is 16.3 Å². The minimum absolute atomic E-state index is 0.253. The molecule has 0 N–H and O–H groups in total. The van der Waals surface area contributed by atoms with Crippen LogP contribution in [-0.2, 0) is 0 Å². The Kier molecular flexibility index (Phi) is 4.47. The van der Waals surface area contributed by atoms with E-state index in [2.05, 4.69) is 0 Å². The molecule has 14 heavy (non-hydrogen) atoms. The Morgan fingerprint density at radius 3 is 2.93 bits per heavy atom. The van der Waals surface area contributed by atoms with Crippen LogP contribution in [-0.4, -0.2) is 13.0 Å². The van der Waals surface area contributed by atoms with E-state index in [1.165, 1.54) is 6.07 Å². The lowest BCUT2D eigenvalue weighted by Gasteiger charge is -2.01. The molecule has 0 atom stereocenters. The Bertz CT molecular complexity index is 323. The first-order valence-corrected chi connectivity index (χ1v) is 4.87. The Hall–Kier alpha value is -1.02. The van der Waals surface area contributed by atoms with E-state index in [0.717, 1.165) is 6.42 Å². The van der Waals surface area contributed by atoms with Crippen LogP contribution in [0.2, 0.25) is 0 Å². The van der Waals surface area contributed by atoms with Gasteiger partial charge in [0.15, 0.2) is 0 Å². The van der Waals surface area contributed by atoms with Crippen LogP contribution in [0.15, 0.2) is 24.3 Å². The molecule has 0 saturated carbocycles. The predicted octanol–water partition coefficient (Wildman–Crippen LogP) is 3.48. The predicted molar refractivity (Wildman–Crippen MR) is 57.3 cm³/mol. The lowest BCUT2D eigenvalue weighted by Crippen LogP contribution is -1.86. The van der Waals surface area contributed by atoms with E-state index >= 15 is 0 Å². The molecule has 76 valence electrons. The monoisotopic (exact) mass is 214 g/mol. The van der Waals surface area contributed by atoms with E-state index in [-0.39, 0.29) is 5.82 Å². The molecule has 0 spiro atoms. The number of ether oxygens (including phenoxy) is 1. The molecule has 0 aliphatic heterocycles. The van der Waals surface area contributed by atoms with Gasteiger partial charge in [-0.15, -0.1) is 11.6 Å². The summed E-state index contributed by atoms with van der Waals surface area (Å²) in [5.41, 5.74) is 0.523. The van der Waals surface area contributed by atoms with Crippen molar-refractivity contribution >= 4 is 17.7 Å². The zero-order valence-corrected chi connectivity index (χ0v) is 8.72. The molecule has 1 rings (SSSR count). The Morgan fingerprint density at radius 2 is 2.29 bits per heavy atom. The van der Waals surface area contributed by atoms with Crippen molar-refractivity contribution in [2.75, 3.05) is 13.0 Å². The van der Waals surface area contributed by atoms with Gasteiger partial charge in [0.1, 0.15) is 11.6 Å². The van der Waals surface area contributed by atoms with Crippen LogP contribution in [0.3, 0.4) is 0 Å². The smallest absolute Gasteiger partial charge is 0.130 e. The van der Waals surface area contributed by atoms with Crippen LogP contribution in [0.25, 0.3) is 6.08 Å². The van der Waals surface area contributed by atoms with Gasteiger partial charge < -0.3 is 4.74 Å². The fourth-order valence-corrected chi connectivity index (χ4v) is 1.18. The summed E-state index contributed by atoms with van der Waals surface area (Å²) in [6.07, 6.45) is 4.28. The average Bonchev–Trinajstić information content (AvgIpc) is 2.21. The standard InChI is InChI=1S/C11H12ClFO/c1-14-10-5-6-11(13)9(8-10)4-2-3-7-12/h2,4-6,8H,3,7H2,1H3. The summed E-state index contributed by atoms with van der Waals surface area (Å²) < 4.78 is 18.2. The fourth-order valence-electron chi connectivity index (χ4n) is 1.05. The third-order valence-corrected chi connectivity index (χ3v) is 1.99. The molecule has 0 heterocycles. The van der Waals surface area contributed by atoms with E-state index in [1.54, 1.807) is 25.3 Å². The molecule has 0 bridgehead atoms. The maximum atomic E-state index is 13.2. The Balaban J connectivity index is 2.83. The highest BCUT2D eigenvalue weighted by Crippen LogP contribution is 2.17. The van der Waals surface area contributed by atoms with Crippen molar-refractivity contribution in [2.45, 2.75) is 6.42 Å². The number of rotatable bonds is 4. The molecule has 3 heteroatoms. The molecule has 1 aromatic rings. The van der Waals surface area contributed by atoms with Crippen LogP contribution in [0.5, 0.6) is 5.75 Å². The number of hydrogen-bond donors (Lipinski definition) is 0. The lowest BCUT2D eigenvalue weighted by molar-refractivity contribution is 0.413. The second-order valence-electron chi connectivity index (χ2n) is 2.77. The number of methoxy groups -OCH3 is 1. The van der Waals surface area contributed by atoms with Crippen molar-refractivity contribution in [3.8, 4) is 5.75 Å². The van der Waals surface area contributed by atoms with Crippen molar-refractivity contribution in [1.82, 2.24) is 0 Å². The summed E-state index contributed by atoms with van der Waals surface area (Å²) in [5.74, 6) is 0.941. The highest BCUT2D eigenvalue weighted by molar-refractivity contribution is 6.17. The Labute approximate surface area is 88.1 Å². The van der Waals surface area contributed by atoms with Crippen LogP contribution in [0, 0.1) is 5.82 Å². The molecular formula is C11H12ClFO. The van der Waals surface area contributed by atoms with Gasteiger partial charge in [-0.2, -0.15) is 0 Å². The molecule has 0 aliphatic rings. The summed E-state index contributed by atoms with van der Waals surface area (Å²) in [4.78, 5) is 0. The van der Waals surface area contributed by atoms with Gasteiger partial charge in [0.25, 0.3) is 0 Å². The van der Waals surface area contributed by atoms with Crippen molar-refractivity contribution in [3.05, 3.63) is 35.7 Å². The molecule has 1 aromatic carbocycles.